The summed E-state index contributed by atoms with van der Waals surface area (Å²) >= 11 is 0. The topological polar surface area (TPSA) is 38.5 Å². The number of nitrogens with two attached hydrogens (primary N) is 1. The molecule has 2 N–H and O–H groups in total. The van der Waals surface area contributed by atoms with Gasteiger partial charge in [-0.25, -0.2) is 0 Å². The van der Waals surface area contributed by atoms with Crippen LogP contribution in [0.1, 0.15) is 26.2 Å². The zero-order valence-electron chi connectivity index (χ0n) is 9.17. The molecule has 1 spiro atoms. The van der Waals surface area contributed by atoms with Gasteiger partial charge in [0, 0.05) is 44.3 Å². The second kappa shape index (κ2) is 4.17. The van der Waals surface area contributed by atoms with Crippen LogP contribution >= 0.6 is 0 Å². The molecular weight excluding hydrogens is 176 g/mol. The van der Waals surface area contributed by atoms with E-state index in [1.165, 1.54) is 32.4 Å². The molecule has 1 unspecified atom stereocenters. The predicted octanol–water partition coefficient (Wildman–Crippen LogP) is 0.836. The largest absolute Gasteiger partial charge is 0.381 e. The quantitative estimate of drug-likeness (QED) is 0.730. The van der Waals surface area contributed by atoms with Crippen molar-refractivity contribution < 1.29 is 4.74 Å². The monoisotopic (exact) mass is 198 g/mol. The summed E-state index contributed by atoms with van der Waals surface area (Å²) in [6.45, 7) is 7.48. The number of likely N-dealkylation sites (tertiary alicyclic amines) is 1. The maximum atomic E-state index is 5.75. The van der Waals surface area contributed by atoms with Gasteiger partial charge in [-0.2, -0.15) is 0 Å². The lowest BCUT2D eigenvalue weighted by molar-refractivity contribution is -0.0961. The van der Waals surface area contributed by atoms with Crippen molar-refractivity contribution >= 4 is 0 Å². The van der Waals surface area contributed by atoms with Gasteiger partial charge >= 0.3 is 0 Å². The van der Waals surface area contributed by atoms with Crippen molar-refractivity contribution in [1.82, 2.24) is 4.90 Å². The molecule has 3 nitrogen and oxygen atoms in total. The van der Waals surface area contributed by atoms with Gasteiger partial charge in [0.15, 0.2) is 0 Å². The predicted molar refractivity (Wildman–Crippen MR) is 57.2 cm³/mol. The van der Waals surface area contributed by atoms with Gasteiger partial charge < -0.3 is 10.5 Å². The molecule has 0 saturated carbocycles. The van der Waals surface area contributed by atoms with E-state index in [1.807, 2.05) is 0 Å². The average Bonchev–Trinajstić information content (AvgIpc) is 2.19. The van der Waals surface area contributed by atoms with E-state index in [4.69, 9.17) is 10.5 Å². The molecule has 14 heavy (non-hydrogen) atoms. The first-order valence-corrected chi connectivity index (χ1v) is 5.81. The Kier molecular flexibility index (Phi) is 3.10. The maximum Gasteiger partial charge on any atom is 0.0472 e. The molecule has 2 rings (SSSR count). The molecule has 0 amide bonds. The lowest BCUT2D eigenvalue weighted by Gasteiger charge is -2.55. The van der Waals surface area contributed by atoms with Crippen LogP contribution in [0.3, 0.4) is 0 Å². The summed E-state index contributed by atoms with van der Waals surface area (Å²) in [6.07, 6.45) is 3.69. The van der Waals surface area contributed by atoms with Gasteiger partial charge in [0.1, 0.15) is 0 Å². The van der Waals surface area contributed by atoms with Crippen LogP contribution in [-0.2, 0) is 4.74 Å². The number of hydrogen-bond donors (Lipinski definition) is 1. The molecule has 0 aromatic carbocycles. The third-order valence-corrected chi connectivity index (χ3v) is 3.89. The lowest BCUT2D eigenvalue weighted by atomic mass is 9.72. The highest BCUT2D eigenvalue weighted by Gasteiger charge is 2.45. The summed E-state index contributed by atoms with van der Waals surface area (Å²) in [5.74, 6) is 0. The van der Waals surface area contributed by atoms with Crippen molar-refractivity contribution in [1.29, 1.82) is 0 Å². The maximum absolute atomic E-state index is 5.75. The molecule has 0 aliphatic carbocycles. The van der Waals surface area contributed by atoms with Gasteiger partial charge in [-0.1, -0.05) is 6.92 Å². The zero-order chi connectivity index (χ0) is 10.0. The van der Waals surface area contributed by atoms with Gasteiger partial charge in [-0.3, -0.25) is 4.90 Å². The van der Waals surface area contributed by atoms with Crippen LogP contribution in [0, 0.1) is 5.41 Å². The van der Waals surface area contributed by atoms with E-state index in [0.29, 0.717) is 11.5 Å². The van der Waals surface area contributed by atoms with Crippen molar-refractivity contribution in [3.8, 4) is 0 Å². The van der Waals surface area contributed by atoms with Crippen LogP contribution in [0.15, 0.2) is 0 Å². The number of nitrogens with zero attached hydrogens (tertiary/aromatic N) is 1. The minimum absolute atomic E-state index is 0.598. The Morgan fingerprint density at radius 3 is 2.50 bits per heavy atom. The Morgan fingerprint density at radius 2 is 2.00 bits per heavy atom. The van der Waals surface area contributed by atoms with Crippen molar-refractivity contribution in [2.24, 2.45) is 11.1 Å². The standard InChI is InChI=1S/C11H22N2O/c1-2-10(7-12)13-8-11(9-13)3-5-14-6-4-11/h10H,2-9,12H2,1H3. The third-order valence-electron chi connectivity index (χ3n) is 3.89. The Hall–Kier alpha value is -0.120. The Labute approximate surface area is 86.6 Å². The first-order chi connectivity index (χ1) is 6.79. The summed E-state index contributed by atoms with van der Waals surface area (Å²) < 4.78 is 5.41. The fourth-order valence-corrected chi connectivity index (χ4v) is 2.77. The molecule has 82 valence electrons. The number of ether oxygens (including phenoxy) is 1. The molecule has 0 aromatic heterocycles. The molecule has 0 radical (unpaired) electrons. The second-order valence-electron chi connectivity index (χ2n) is 4.82. The Balaban J connectivity index is 1.82. The summed E-state index contributed by atoms with van der Waals surface area (Å²) in [5, 5.41) is 0. The van der Waals surface area contributed by atoms with E-state index in [1.54, 1.807) is 0 Å². The molecule has 3 heteroatoms. The third kappa shape index (κ3) is 1.81. The highest BCUT2D eigenvalue weighted by Crippen LogP contribution is 2.40. The minimum atomic E-state index is 0.598. The van der Waals surface area contributed by atoms with E-state index in [2.05, 4.69) is 11.8 Å². The Bertz CT molecular complexity index is 178. The molecule has 2 heterocycles. The highest BCUT2D eigenvalue weighted by molar-refractivity contribution is 4.98. The van der Waals surface area contributed by atoms with Crippen molar-refractivity contribution in [3.05, 3.63) is 0 Å². The van der Waals surface area contributed by atoms with Crippen LogP contribution in [0.4, 0.5) is 0 Å². The number of hydrogen-bond acceptors (Lipinski definition) is 3. The minimum Gasteiger partial charge on any atom is -0.381 e. The van der Waals surface area contributed by atoms with Crippen LogP contribution in [-0.4, -0.2) is 43.8 Å². The van der Waals surface area contributed by atoms with E-state index in [0.717, 1.165) is 19.8 Å². The fourth-order valence-electron chi connectivity index (χ4n) is 2.77. The molecule has 2 aliphatic heterocycles. The van der Waals surface area contributed by atoms with Gasteiger partial charge in [-0.15, -0.1) is 0 Å². The van der Waals surface area contributed by atoms with Crippen molar-refractivity contribution in [2.75, 3.05) is 32.8 Å². The van der Waals surface area contributed by atoms with Crippen LogP contribution < -0.4 is 5.73 Å². The first kappa shape index (κ1) is 10.4. The van der Waals surface area contributed by atoms with E-state index < -0.39 is 0 Å². The van der Waals surface area contributed by atoms with Gasteiger partial charge in [-0.05, 0) is 19.3 Å². The van der Waals surface area contributed by atoms with Gasteiger partial charge in [0.25, 0.3) is 0 Å². The van der Waals surface area contributed by atoms with Crippen molar-refractivity contribution in [2.45, 2.75) is 32.2 Å². The highest BCUT2D eigenvalue weighted by atomic mass is 16.5. The van der Waals surface area contributed by atoms with Crippen LogP contribution in [0.2, 0.25) is 0 Å². The fraction of sp³-hybridized carbons (Fsp3) is 1.00. The van der Waals surface area contributed by atoms with Crippen LogP contribution in [0.25, 0.3) is 0 Å². The van der Waals surface area contributed by atoms with E-state index >= 15 is 0 Å². The lowest BCUT2D eigenvalue weighted by Crippen LogP contribution is -2.62. The van der Waals surface area contributed by atoms with E-state index in [9.17, 15) is 0 Å². The Morgan fingerprint density at radius 1 is 1.36 bits per heavy atom. The number of rotatable bonds is 3. The van der Waals surface area contributed by atoms with E-state index in [-0.39, 0.29) is 0 Å². The molecule has 0 bridgehead atoms. The first-order valence-electron chi connectivity index (χ1n) is 5.81. The molecular formula is C11H22N2O. The van der Waals surface area contributed by atoms with Gasteiger partial charge in [0.05, 0.1) is 0 Å². The smallest absolute Gasteiger partial charge is 0.0472 e. The van der Waals surface area contributed by atoms with Crippen LogP contribution in [0.5, 0.6) is 0 Å². The summed E-state index contributed by atoms with van der Waals surface area (Å²) in [5.41, 5.74) is 6.34. The molecule has 1 atom stereocenters. The molecule has 2 aliphatic rings. The normalized spacial score (nSPS) is 28.7. The molecule has 0 aromatic rings. The summed E-state index contributed by atoms with van der Waals surface area (Å²) in [4.78, 5) is 2.55. The second-order valence-corrected chi connectivity index (χ2v) is 4.82. The summed E-state index contributed by atoms with van der Waals surface area (Å²) in [6, 6.07) is 0.614. The molecule has 2 saturated heterocycles. The SMILES string of the molecule is CCC(CN)N1CC2(CCOCC2)C1. The summed E-state index contributed by atoms with van der Waals surface area (Å²) in [7, 11) is 0. The van der Waals surface area contributed by atoms with Gasteiger partial charge in [0.2, 0.25) is 0 Å². The average molecular weight is 198 g/mol. The zero-order valence-corrected chi connectivity index (χ0v) is 9.17. The molecule has 2 fully saturated rings. The van der Waals surface area contributed by atoms with Crippen molar-refractivity contribution in [3.63, 3.8) is 0 Å².